The quantitative estimate of drug-likeness (QED) is 0.524. The highest BCUT2D eigenvalue weighted by molar-refractivity contribution is 6.35. The van der Waals surface area contributed by atoms with Gasteiger partial charge in [0.1, 0.15) is 11.3 Å². The molecule has 27 heavy (non-hydrogen) atoms. The van der Waals surface area contributed by atoms with Crippen molar-refractivity contribution in [1.82, 2.24) is 0 Å². The fraction of sp³-hybridized carbons (Fsp3) is 0.286. The van der Waals surface area contributed by atoms with Gasteiger partial charge in [0.05, 0.1) is 10.7 Å². The maximum absolute atomic E-state index is 12.0. The molecule has 6 heteroatoms. The number of fused-ring (bicyclic) bond motifs is 2. The lowest BCUT2D eigenvalue weighted by Gasteiger charge is -2.32. The Morgan fingerprint density at radius 2 is 2.00 bits per heavy atom. The van der Waals surface area contributed by atoms with E-state index < -0.39 is 0 Å². The van der Waals surface area contributed by atoms with E-state index in [1.54, 1.807) is 18.2 Å². The number of benzene rings is 2. The number of aryl methyl sites for hydroxylation is 2. The number of halogens is 2. The summed E-state index contributed by atoms with van der Waals surface area (Å²) in [4.78, 5) is 14.0. The molecule has 0 aliphatic carbocycles. The van der Waals surface area contributed by atoms with Crippen LogP contribution in [0.25, 0.3) is 11.0 Å². The first-order chi connectivity index (χ1) is 13.0. The van der Waals surface area contributed by atoms with E-state index in [0.717, 1.165) is 46.4 Å². The average Bonchev–Trinajstić information content (AvgIpc) is 2.65. The number of anilines is 1. The highest BCUT2D eigenvalue weighted by Crippen LogP contribution is 2.39. The van der Waals surface area contributed by atoms with Crippen molar-refractivity contribution in [2.75, 3.05) is 11.6 Å². The monoisotopic (exact) mass is 403 g/mol. The van der Waals surface area contributed by atoms with E-state index in [9.17, 15) is 4.79 Å². The Morgan fingerprint density at radius 1 is 1.19 bits per heavy atom. The zero-order valence-corrected chi connectivity index (χ0v) is 16.7. The van der Waals surface area contributed by atoms with Gasteiger partial charge in [-0.1, -0.05) is 36.5 Å². The highest BCUT2D eigenvalue weighted by Gasteiger charge is 2.24. The molecule has 1 aromatic heterocycles. The molecule has 0 atom stereocenters. The van der Waals surface area contributed by atoms with Gasteiger partial charge in [0, 0.05) is 34.1 Å². The molecule has 1 aliphatic rings. The van der Waals surface area contributed by atoms with Crippen LogP contribution in [0.2, 0.25) is 10.0 Å². The van der Waals surface area contributed by atoms with Gasteiger partial charge in [-0.05, 0) is 43.2 Å². The van der Waals surface area contributed by atoms with Crippen molar-refractivity contribution in [1.29, 1.82) is 0 Å². The zero-order valence-electron chi connectivity index (χ0n) is 15.1. The molecule has 0 saturated heterocycles. The van der Waals surface area contributed by atoms with Crippen LogP contribution in [-0.4, -0.2) is 6.73 Å². The van der Waals surface area contributed by atoms with E-state index in [4.69, 9.17) is 32.4 Å². The van der Waals surface area contributed by atoms with Crippen molar-refractivity contribution in [2.24, 2.45) is 0 Å². The molecule has 0 bridgehead atoms. The van der Waals surface area contributed by atoms with Crippen LogP contribution in [0.3, 0.4) is 0 Å². The lowest BCUT2D eigenvalue weighted by atomic mass is 9.98. The third-order valence-electron chi connectivity index (χ3n) is 4.87. The summed E-state index contributed by atoms with van der Waals surface area (Å²) >= 11 is 12.5. The fourth-order valence-corrected chi connectivity index (χ4v) is 4.05. The second-order valence-corrected chi connectivity index (χ2v) is 7.62. The van der Waals surface area contributed by atoms with Crippen LogP contribution in [0.5, 0.6) is 5.75 Å². The van der Waals surface area contributed by atoms with Crippen LogP contribution in [0.15, 0.2) is 39.5 Å². The first kappa shape index (κ1) is 18.2. The highest BCUT2D eigenvalue weighted by atomic mass is 35.5. The molecule has 4 rings (SSSR count). The van der Waals surface area contributed by atoms with Gasteiger partial charge in [0.25, 0.3) is 0 Å². The van der Waals surface area contributed by atoms with E-state index in [2.05, 4.69) is 13.0 Å². The third kappa shape index (κ3) is 3.28. The first-order valence-electron chi connectivity index (χ1n) is 8.90. The SMILES string of the molecule is CCCc1cc(=O)oc2c(C)c3c(cc12)CN(c1cc(Cl)ccc1Cl)CO3. The van der Waals surface area contributed by atoms with Gasteiger partial charge in [-0.2, -0.15) is 0 Å². The minimum absolute atomic E-state index is 0.322. The molecular formula is C21H19Cl2NO3. The Kier molecular flexibility index (Phi) is 4.79. The van der Waals surface area contributed by atoms with Crippen molar-refractivity contribution in [2.45, 2.75) is 33.2 Å². The van der Waals surface area contributed by atoms with E-state index in [0.29, 0.717) is 28.9 Å². The summed E-state index contributed by atoms with van der Waals surface area (Å²) in [6, 6.07) is 9.05. The molecule has 0 N–H and O–H groups in total. The minimum Gasteiger partial charge on any atom is -0.472 e. The molecule has 0 unspecified atom stereocenters. The largest absolute Gasteiger partial charge is 0.472 e. The summed E-state index contributed by atoms with van der Waals surface area (Å²) in [5.41, 5.74) is 4.02. The smallest absolute Gasteiger partial charge is 0.336 e. The predicted molar refractivity (Wildman–Crippen MR) is 109 cm³/mol. The molecule has 0 amide bonds. The summed E-state index contributed by atoms with van der Waals surface area (Å²) in [5.74, 6) is 0.772. The van der Waals surface area contributed by atoms with Crippen molar-refractivity contribution in [3.63, 3.8) is 0 Å². The van der Waals surface area contributed by atoms with E-state index in [1.165, 1.54) is 0 Å². The second-order valence-electron chi connectivity index (χ2n) is 6.77. The van der Waals surface area contributed by atoms with Gasteiger partial charge in [0.15, 0.2) is 6.73 Å². The third-order valence-corrected chi connectivity index (χ3v) is 5.43. The van der Waals surface area contributed by atoms with Gasteiger partial charge in [-0.3, -0.25) is 0 Å². The van der Waals surface area contributed by atoms with Gasteiger partial charge in [-0.25, -0.2) is 4.79 Å². The average molecular weight is 404 g/mol. The van der Waals surface area contributed by atoms with Crippen LogP contribution in [0.4, 0.5) is 5.69 Å². The van der Waals surface area contributed by atoms with E-state index >= 15 is 0 Å². The molecule has 140 valence electrons. The molecule has 0 radical (unpaired) electrons. The Labute approximate surface area is 167 Å². The van der Waals surface area contributed by atoms with Crippen LogP contribution >= 0.6 is 23.2 Å². The molecule has 0 saturated carbocycles. The van der Waals surface area contributed by atoms with Gasteiger partial charge in [0.2, 0.25) is 0 Å². The molecule has 4 nitrogen and oxygen atoms in total. The summed E-state index contributed by atoms with van der Waals surface area (Å²) in [6.45, 7) is 5.01. The van der Waals surface area contributed by atoms with Gasteiger partial charge < -0.3 is 14.1 Å². The van der Waals surface area contributed by atoms with Gasteiger partial charge in [-0.15, -0.1) is 0 Å². The minimum atomic E-state index is -0.322. The van der Waals surface area contributed by atoms with Crippen molar-refractivity contribution >= 4 is 39.9 Å². The van der Waals surface area contributed by atoms with E-state index in [1.807, 2.05) is 17.9 Å². The lowest BCUT2D eigenvalue weighted by Crippen LogP contribution is -2.32. The molecule has 0 spiro atoms. The van der Waals surface area contributed by atoms with Crippen LogP contribution in [0, 0.1) is 6.92 Å². The molecular weight excluding hydrogens is 385 g/mol. The predicted octanol–water partition coefficient (Wildman–Crippen LogP) is 5.72. The Morgan fingerprint density at radius 3 is 2.78 bits per heavy atom. The first-order valence-corrected chi connectivity index (χ1v) is 9.65. The number of ether oxygens (including phenoxy) is 1. The summed E-state index contributed by atoms with van der Waals surface area (Å²) in [7, 11) is 0. The summed E-state index contributed by atoms with van der Waals surface area (Å²) < 4.78 is 11.5. The van der Waals surface area contributed by atoms with Crippen molar-refractivity contribution in [3.8, 4) is 5.75 Å². The molecule has 2 aromatic carbocycles. The zero-order chi connectivity index (χ0) is 19.1. The number of rotatable bonds is 3. The Hall–Kier alpha value is -2.17. The van der Waals surface area contributed by atoms with Crippen molar-refractivity contribution < 1.29 is 9.15 Å². The topological polar surface area (TPSA) is 42.7 Å². The summed E-state index contributed by atoms with van der Waals surface area (Å²) in [6.07, 6.45) is 1.78. The van der Waals surface area contributed by atoms with Crippen molar-refractivity contribution in [3.05, 3.63) is 67.5 Å². The maximum atomic E-state index is 12.0. The normalized spacial score (nSPS) is 13.6. The number of nitrogens with zero attached hydrogens (tertiary/aromatic N) is 1. The second kappa shape index (κ2) is 7.10. The van der Waals surface area contributed by atoms with Crippen LogP contribution in [-0.2, 0) is 13.0 Å². The van der Waals surface area contributed by atoms with Crippen LogP contribution < -0.4 is 15.3 Å². The molecule has 3 aromatic rings. The van der Waals surface area contributed by atoms with Crippen LogP contribution in [0.1, 0.15) is 30.0 Å². The van der Waals surface area contributed by atoms with Gasteiger partial charge >= 0.3 is 5.63 Å². The fourth-order valence-electron chi connectivity index (χ4n) is 3.64. The number of hydrogen-bond acceptors (Lipinski definition) is 4. The summed E-state index contributed by atoms with van der Waals surface area (Å²) in [5, 5.41) is 2.22. The van der Waals surface area contributed by atoms with E-state index in [-0.39, 0.29) is 5.63 Å². The Bertz CT molecular complexity index is 1090. The number of hydrogen-bond donors (Lipinski definition) is 0. The molecule has 2 heterocycles. The maximum Gasteiger partial charge on any atom is 0.336 e. The lowest BCUT2D eigenvalue weighted by molar-refractivity contribution is 0.287. The Balaban J connectivity index is 1.83. The molecule has 1 aliphatic heterocycles. The molecule has 0 fully saturated rings. The standard InChI is InChI=1S/C21H19Cl2NO3/c1-3-4-13-8-19(25)27-21-12(2)20-14(7-16(13)21)10-24(11-26-20)18-9-15(22)5-6-17(18)23/h5-9H,3-4,10-11H2,1-2H3.